The summed E-state index contributed by atoms with van der Waals surface area (Å²) >= 11 is 0. The van der Waals surface area contributed by atoms with Gasteiger partial charge in [-0.2, -0.15) is 0 Å². The molecule has 1 aromatic heterocycles. The van der Waals surface area contributed by atoms with Crippen LogP contribution in [0.3, 0.4) is 0 Å². The molecule has 0 radical (unpaired) electrons. The summed E-state index contributed by atoms with van der Waals surface area (Å²) in [4.78, 5) is 46.9. The molecule has 19 heteroatoms. The number of nitro benzene ring substituents is 1. The number of carbonyl (C=O) groups excluding carboxylic acids is 2. The fraction of sp³-hybridized carbons (Fsp3) is 0.414. The Morgan fingerprint density at radius 3 is 2.33 bits per heavy atom. The third kappa shape index (κ3) is 10.5. The molecular weight excluding hydrogens is 665 g/mol. The first-order chi connectivity index (χ1) is 22.4. The van der Waals surface area contributed by atoms with Crippen molar-refractivity contribution in [2.75, 3.05) is 13.1 Å². The number of aliphatic carboxylic acids is 1. The van der Waals surface area contributed by atoms with Gasteiger partial charge in [0, 0.05) is 25.6 Å². The van der Waals surface area contributed by atoms with Gasteiger partial charge in [-0.15, -0.1) is 5.75 Å². The summed E-state index contributed by atoms with van der Waals surface area (Å²) in [6, 6.07) is 7.80. The number of fused-ring (bicyclic) bond motifs is 1. The summed E-state index contributed by atoms with van der Waals surface area (Å²) in [5.41, 5.74) is 0.530. The number of nitrogens with zero attached hydrogens (tertiary/aromatic N) is 3. The predicted octanol–water partition coefficient (Wildman–Crippen LogP) is -3.51. The number of ether oxygens (including phenoxy) is 2. The summed E-state index contributed by atoms with van der Waals surface area (Å²) in [6.45, 7) is 0.0296. The summed E-state index contributed by atoms with van der Waals surface area (Å²) in [7, 11) is 0. The number of hydrogen-bond acceptors (Lipinski definition) is 14. The van der Waals surface area contributed by atoms with Gasteiger partial charge < -0.3 is 45.6 Å². The van der Waals surface area contributed by atoms with Gasteiger partial charge >= 0.3 is 63.0 Å². The molecule has 5 atom stereocenters. The minimum atomic E-state index is -1.82. The average Bonchev–Trinajstić information content (AvgIpc) is 3.53. The van der Waals surface area contributed by atoms with Crippen LogP contribution in [0, 0.1) is 10.1 Å². The number of carboxylic acid groups (broad SMARTS) is 1. The number of non-ortho nitro benzene ring substituents is 1. The van der Waals surface area contributed by atoms with Gasteiger partial charge in [0.1, 0.15) is 29.9 Å². The van der Waals surface area contributed by atoms with Crippen molar-refractivity contribution in [3.63, 3.8) is 0 Å². The van der Waals surface area contributed by atoms with Crippen LogP contribution in [0.25, 0.3) is 17.1 Å². The number of aromatic nitrogens is 2. The number of unbranched alkanes of at least 4 members (excludes halogenated alkanes) is 2. The number of nitrogens with one attached hydrogen (secondary N) is 2. The Kier molecular flexibility index (Phi) is 14.8. The van der Waals surface area contributed by atoms with E-state index in [0.29, 0.717) is 36.9 Å². The van der Waals surface area contributed by atoms with Gasteiger partial charge in [-0.3, -0.25) is 19.7 Å². The van der Waals surface area contributed by atoms with E-state index in [1.807, 2.05) is 0 Å². The number of carbonyl (C=O) groups is 3. The molecule has 1 aliphatic heterocycles. The maximum absolute atomic E-state index is 12.4. The molecule has 252 valence electrons. The second-order valence-corrected chi connectivity index (χ2v) is 10.6. The molecule has 1 aliphatic rings. The third-order valence-electron chi connectivity index (χ3n) is 7.23. The van der Waals surface area contributed by atoms with E-state index in [0.717, 1.165) is 6.08 Å². The van der Waals surface area contributed by atoms with Crippen LogP contribution in [0.4, 0.5) is 5.69 Å². The van der Waals surface area contributed by atoms with Crippen LogP contribution in [0.2, 0.25) is 0 Å². The van der Waals surface area contributed by atoms with Gasteiger partial charge in [-0.05, 0) is 46.4 Å². The Labute approximate surface area is 314 Å². The molecule has 18 nitrogen and oxygen atoms in total. The summed E-state index contributed by atoms with van der Waals surface area (Å²) in [6.07, 6.45) is -5.51. The summed E-state index contributed by atoms with van der Waals surface area (Å²) in [5.74, 6) is -3.22. The van der Waals surface area contributed by atoms with Crippen molar-refractivity contribution < 1.29 is 110 Å². The zero-order valence-electron chi connectivity index (χ0n) is 25.7. The zero-order chi connectivity index (χ0) is 34.1. The Hall–Kier alpha value is -3.53. The topological polar surface area (TPSA) is 280 Å². The first kappa shape index (κ1) is 38.9. The van der Waals surface area contributed by atoms with Crippen LogP contribution in [0.15, 0.2) is 46.8 Å². The number of hydrogen-bond donors (Lipinski definition) is 6. The van der Waals surface area contributed by atoms with E-state index in [-0.39, 0.29) is 99.1 Å². The van der Waals surface area contributed by atoms with Crippen molar-refractivity contribution in [3.05, 3.63) is 63.4 Å². The summed E-state index contributed by atoms with van der Waals surface area (Å²) < 4.78 is 15.4. The molecule has 2 heterocycles. The fourth-order valence-electron chi connectivity index (χ4n) is 4.72. The van der Waals surface area contributed by atoms with Gasteiger partial charge in [0.15, 0.2) is 0 Å². The molecule has 1 saturated heterocycles. The second-order valence-electron chi connectivity index (χ2n) is 10.6. The normalized spacial score (nSPS) is 20.8. The molecule has 0 unspecified atom stereocenters. The maximum Gasteiger partial charge on any atom is 1.00 e. The number of aliphatic hydroxyl groups excluding tert-OH is 3. The Balaban J connectivity index is 0.00000625. The Bertz CT molecular complexity index is 1620. The van der Waals surface area contributed by atoms with Crippen LogP contribution < -0.4 is 67.1 Å². The molecule has 48 heavy (non-hydrogen) atoms. The number of aliphatic hydroxyl groups is 3. The van der Waals surface area contributed by atoms with Crippen molar-refractivity contribution in [3.8, 4) is 5.75 Å². The molecule has 2 amide bonds. The van der Waals surface area contributed by atoms with Gasteiger partial charge in [-0.25, -0.2) is 9.42 Å². The number of amides is 2. The van der Waals surface area contributed by atoms with Crippen molar-refractivity contribution in [1.29, 1.82) is 0 Å². The first-order valence-corrected chi connectivity index (χ1v) is 14.4. The van der Waals surface area contributed by atoms with Gasteiger partial charge in [0.05, 0.1) is 11.3 Å². The van der Waals surface area contributed by atoms with E-state index in [9.17, 15) is 50.0 Å². The number of carboxylic acids is 1. The van der Waals surface area contributed by atoms with Crippen molar-refractivity contribution in [2.45, 2.75) is 62.8 Å². The standard InChI is InChI=1S/C29H33N5O13.K/c35-17-8-5-15(6-9-17)12-19(28(41)42)45-29-27(40)26(39)25(38)20(46-29)14-31-21(36)4-2-1-3-11-30-22(37)13-16-7-10-18(34(43)44)24-23(16)32-47-33-24;/h5-10,12,20,25-27,29,35,38-40H,1-4,11,13-14H2,(H,30,37)(H,31,36)(H,41,42);/q;+1/p-1/b19-12-;/t20-,25+,26+,27-,29-;/m1./s1. The molecule has 4 rings (SSSR count). The van der Waals surface area contributed by atoms with E-state index >= 15 is 0 Å². The predicted molar refractivity (Wildman–Crippen MR) is 156 cm³/mol. The maximum atomic E-state index is 12.4. The third-order valence-corrected chi connectivity index (χ3v) is 7.23. The van der Waals surface area contributed by atoms with E-state index in [1.165, 1.54) is 36.4 Å². The smallest absolute Gasteiger partial charge is 0.872 e. The molecule has 1 fully saturated rings. The van der Waals surface area contributed by atoms with Gasteiger partial charge in [0.2, 0.25) is 29.4 Å². The Morgan fingerprint density at radius 1 is 0.938 bits per heavy atom. The van der Waals surface area contributed by atoms with Crippen LogP contribution in [-0.2, 0) is 30.3 Å². The van der Waals surface area contributed by atoms with Gasteiger partial charge in [0.25, 0.3) is 0 Å². The first-order valence-electron chi connectivity index (χ1n) is 14.4. The Morgan fingerprint density at radius 2 is 1.65 bits per heavy atom. The molecule has 6 N–H and O–H groups in total. The monoisotopic (exact) mass is 697 g/mol. The minimum absolute atomic E-state index is 0. The molecule has 0 aliphatic carbocycles. The number of rotatable bonds is 15. The van der Waals surface area contributed by atoms with Gasteiger partial charge in [-0.1, -0.05) is 30.7 Å². The van der Waals surface area contributed by atoms with E-state index in [4.69, 9.17) is 9.47 Å². The number of benzene rings is 2. The summed E-state index contributed by atoms with van der Waals surface area (Å²) in [5, 5.41) is 75.4. The second kappa shape index (κ2) is 18.3. The van der Waals surface area contributed by atoms with Crippen LogP contribution in [0.5, 0.6) is 5.75 Å². The molecule has 0 bridgehead atoms. The largest absolute Gasteiger partial charge is 1.00 e. The van der Waals surface area contributed by atoms with Crippen LogP contribution >= 0.6 is 0 Å². The van der Waals surface area contributed by atoms with Crippen molar-refractivity contribution >= 4 is 40.6 Å². The minimum Gasteiger partial charge on any atom is -0.872 e. The van der Waals surface area contributed by atoms with Crippen molar-refractivity contribution in [2.24, 2.45) is 0 Å². The van der Waals surface area contributed by atoms with E-state index < -0.39 is 53.3 Å². The molecular formula is C29H32KN5O13. The van der Waals surface area contributed by atoms with Crippen molar-refractivity contribution in [1.82, 2.24) is 20.9 Å². The quantitative estimate of drug-likeness (QED) is 0.0224. The van der Waals surface area contributed by atoms with Crippen LogP contribution in [0.1, 0.15) is 36.8 Å². The number of nitro groups is 1. The van der Waals surface area contributed by atoms with E-state index in [2.05, 4.69) is 25.6 Å². The fourth-order valence-corrected chi connectivity index (χ4v) is 4.72. The van der Waals surface area contributed by atoms with Crippen LogP contribution in [-0.4, -0.2) is 97.2 Å². The SMILES string of the molecule is O=C(CCCCCNC(=O)Cc1ccc([N+](=O)[O-])c2nonc12)NC[C@H]1O[C@@H](O/C(=C\c2ccc([O-])cc2)C(=O)O)[C@H](O)[C@@H](O)[C@H]1O.[K+]. The zero-order valence-corrected chi connectivity index (χ0v) is 28.8. The average molecular weight is 698 g/mol. The molecule has 3 aromatic rings. The molecule has 0 saturated carbocycles. The molecule has 2 aromatic carbocycles. The van der Waals surface area contributed by atoms with E-state index in [1.54, 1.807) is 0 Å². The molecule has 0 spiro atoms.